The predicted octanol–water partition coefficient (Wildman–Crippen LogP) is 3.78. The van der Waals surface area contributed by atoms with E-state index >= 15 is 0 Å². The zero-order valence-electron chi connectivity index (χ0n) is 25.5. The summed E-state index contributed by atoms with van der Waals surface area (Å²) < 4.78 is 23.9. The van der Waals surface area contributed by atoms with Crippen molar-refractivity contribution < 1.29 is 23.7 Å². The van der Waals surface area contributed by atoms with Gasteiger partial charge in [-0.3, -0.25) is 14.3 Å². The Labute approximate surface area is 261 Å². The Bertz CT molecular complexity index is 1660. The molecule has 4 aromatic rings. The van der Waals surface area contributed by atoms with Gasteiger partial charge < -0.3 is 29.2 Å². The molecule has 1 fully saturated rings. The van der Waals surface area contributed by atoms with E-state index in [1.165, 1.54) is 0 Å². The Morgan fingerprint density at radius 3 is 2.69 bits per heavy atom. The molecule has 1 unspecified atom stereocenters. The van der Waals surface area contributed by atoms with Gasteiger partial charge in [0.25, 0.3) is 0 Å². The number of nitrogens with zero attached hydrogens (tertiary/aromatic N) is 6. The number of rotatable bonds is 9. The zero-order chi connectivity index (χ0) is 30.8. The lowest BCUT2D eigenvalue weighted by Gasteiger charge is -2.42. The summed E-state index contributed by atoms with van der Waals surface area (Å²) in [5, 5.41) is 3.12. The van der Waals surface area contributed by atoms with Crippen molar-refractivity contribution in [3.63, 3.8) is 0 Å². The van der Waals surface area contributed by atoms with E-state index in [0.29, 0.717) is 44.4 Å². The second kappa shape index (κ2) is 12.7. The number of carbonyl (C=O) groups is 1. The Morgan fingerprint density at radius 2 is 1.82 bits per heavy atom. The average Bonchev–Trinajstić information content (AvgIpc) is 3.77. The Morgan fingerprint density at radius 1 is 0.978 bits per heavy atom. The number of nitrogens with one attached hydrogen (secondary N) is 1. The van der Waals surface area contributed by atoms with Crippen molar-refractivity contribution in [2.75, 3.05) is 38.1 Å². The highest BCUT2D eigenvalue weighted by Crippen LogP contribution is 2.32. The van der Waals surface area contributed by atoms with E-state index in [-0.39, 0.29) is 31.5 Å². The maximum atomic E-state index is 13.4. The topological polar surface area (TPSA) is 116 Å². The van der Waals surface area contributed by atoms with Crippen molar-refractivity contribution in [1.29, 1.82) is 0 Å². The smallest absolute Gasteiger partial charge is 0.237 e. The molecule has 3 aliphatic heterocycles. The molecular weight excluding hydrogens is 574 g/mol. The van der Waals surface area contributed by atoms with Gasteiger partial charge in [0, 0.05) is 69.2 Å². The van der Waals surface area contributed by atoms with Gasteiger partial charge in [0.2, 0.25) is 18.6 Å². The first-order valence-corrected chi connectivity index (χ1v) is 15.3. The van der Waals surface area contributed by atoms with Crippen LogP contribution in [0.2, 0.25) is 0 Å². The summed E-state index contributed by atoms with van der Waals surface area (Å²) >= 11 is 0. The maximum absolute atomic E-state index is 13.4. The highest BCUT2D eigenvalue weighted by atomic mass is 16.7. The molecule has 5 heterocycles. The van der Waals surface area contributed by atoms with Gasteiger partial charge in [0.05, 0.1) is 12.3 Å². The molecule has 2 aromatic carbocycles. The summed E-state index contributed by atoms with van der Waals surface area (Å²) in [5.74, 6) is 3.96. The molecule has 12 nitrogen and oxygen atoms in total. The number of anilines is 1. The van der Waals surface area contributed by atoms with Crippen molar-refractivity contribution in [1.82, 2.24) is 29.7 Å². The second-order valence-electron chi connectivity index (χ2n) is 11.9. The average molecular weight is 612 g/mol. The molecule has 45 heavy (non-hydrogen) atoms. The first kappa shape index (κ1) is 29.1. The molecule has 3 aliphatic rings. The lowest BCUT2D eigenvalue weighted by Crippen LogP contribution is -2.54. The highest BCUT2D eigenvalue weighted by Gasteiger charge is 2.31. The van der Waals surface area contributed by atoms with Crippen LogP contribution < -0.4 is 24.4 Å². The number of imidazole rings is 1. The van der Waals surface area contributed by atoms with Crippen molar-refractivity contribution in [2.45, 2.75) is 51.9 Å². The number of ether oxygens (including phenoxy) is 4. The number of piperazine rings is 1. The van der Waals surface area contributed by atoms with Crippen molar-refractivity contribution in [3.8, 4) is 23.2 Å². The zero-order valence-corrected chi connectivity index (χ0v) is 25.5. The molecular formula is C33H37N7O5. The molecule has 12 heteroatoms. The van der Waals surface area contributed by atoms with Gasteiger partial charge in [0.15, 0.2) is 18.3 Å². The van der Waals surface area contributed by atoms with Crippen LogP contribution in [0, 0.1) is 0 Å². The maximum Gasteiger partial charge on any atom is 0.237 e. The van der Waals surface area contributed by atoms with Crippen LogP contribution in [0.3, 0.4) is 0 Å². The molecule has 7 rings (SSSR count). The molecule has 234 valence electrons. The molecule has 1 saturated heterocycles. The molecule has 0 bridgehead atoms. The van der Waals surface area contributed by atoms with Gasteiger partial charge in [-0.1, -0.05) is 26.0 Å². The number of fused-ring (bicyclic) bond motifs is 2. The normalized spacial score (nSPS) is 17.7. The van der Waals surface area contributed by atoms with Gasteiger partial charge >= 0.3 is 0 Å². The minimum Gasteiger partial charge on any atom is -0.467 e. The van der Waals surface area contributed by atoms with Crippen LogP contribution in [0.5, 0.6) is 17.2 Å². The standard InChI is InChI=1S/C33H37N7O5/c1-22(2)27-14-31(37-33(36-27)40-8-7-34-19-40)39-10-9-38(16-24-4-5-28-25(11-24)18-42-20-43-28)26(17-39)13-32(41)35-15-23-3-6-29-30(12-23)45-21-44-29/h3-8,11-12,14,19,22,26H,9-10,13,15-18,20-21H2,1-2H3,(H,35,41). The lowest BCUT2D eigenvalue weighted by atomic mass is 10.0. The van der Waals surface area contributed by atoms with Crippen LogP contribution >= 0.6 is 0 Å². The third kappa shape index (κ3) is 6.57. The van der Waals surface area contributed by atoms with Crippen molar-refractivity contribution in [2.24, 2.45) is 0 Å². The Kier molecular flexibility index (Phi) is 8.23. The fourth-order valence-corrected chi connectivity index (χ4v) is 5.91. The third-order valence-electron chi connectivity index (χ3n) is 8.39. The molecule has 0 aliphatic carbocycles. The number of aromatic nitrogens is 4. The number of hydrogen-bond donors (Lipinski definition) is 1. The van der Waals surface area contributed by atoms with E-state index in [4.69, 9.17) is 28.9 Å². The first-order chi connectivity index (χ1) is 22.0. The first-order valence-electron chi connectivity index (χ1n) is 15.3. The van der Waals surface area contributed by atoms with Crippen molar-refractivity contribution >= 4 is 11.7 Å². The van der Waals surface area contributed by atoms with E-state index in [2.05, 4.69) is 52.1 Å². The van der Waals surface area contributed by atoms with E-state index in [9.17, 15) is 4.79 Å². The fraction of sp³-hybridized carbons (Fsp3) is 0.394. The molecule has 0 radical (unpaired) electrons. The minimum absolute atomic E-state index is 0.0126. The summed E-state index contributed by atoms with van der Waals surface area (Å²) in [4.78, 5) is 32.0. The van der Waals surface area contributed by atoms with Crippen LogP contribution in [-0.4, -0.2) is 69.6 Å². The number of carbonyl (C=O) groups excluding carboxylic acids is 1. The third-order valence-corrected chi connectivity index (χ3v) is 8.39. The van der Waals surface area contributed by atoms with Crippen molar-refractivity contribution in [3.05, 3.63) is 83.6 Å². The van der Waals surface area contributed by atoms with Gasteiger partial charge in [-0.15, -0.1) is 0 Å². The largest absolute Gasteiger partial charge is 0.467 e. The highest BCUT2D eigenvalue weighted by molar-refractivity contribution is 5.76. The number of benzene rings is 2. The predicted molar refractivity (Wildman–Crippen MR) is 165 cm³/mol. The molecule has 1 amide bonds. The van der Waals surface area contributed by atoms with E-state index in [0.717, 1.165) is 52.8 Å². The quantitative estimate of drug-likeness (QED) is 0.300. The number of hydrogen-bond acceptors (Lipinski definition) is 10. The van der Waals surface area contributed by atoms with Gasteiger partial charge in [-0.05, 0) is 41.3 Å². The monoisotopic (exact) mass is 611 g/mol. The van der Waals surface area contributed by atoms with Gasteiger partial charge in [-0.2, -0.15) is 4.98 Å². The second-order valence-corrected chi connectivity index (χ2v) is 11.9. The summed E-state index contributed by atoms with van der Waals surface area (Å²) in [6.07, 6.45) is 5.63. The number of amides is 1. The van der Waals surface area contributed by atoms with Crippen LogP contribution in [0.15, 0.2) is 61.2 Å². The fourth-order valence-electron chi connectivity index (χ4n) is 5.91. The van der Waals surface area contributed by atoms with Gasteiger partial charge in [-0.25, -0.2) is 9.97 Å². The minimum atomic E-state index is -0.0480. The Hall–Kier alpha value is -4.68. The van der Waals surface area contributed by atoms with Gasteiger partial charge in [0.1, 0.15) is 17.9 Å². The van der Waals surface area contributed by atoms with E-state index in [1.807, 2.05) is 35.0 Å². The van der Waals surface area contributed by atoms with E-state index in [1.54, 1.807) is 12.5 Å². The molecule has 2 aromatic heterocycles. The molecule has 1 atom stereocenters. The summed E-state index contributed by atoms with van der Waals surface area (Å²) in [6, 6.07) is 14.0. The van der Waals surface area contributed by atoms with Crippen LogP contribution in [-0.2, 0) is 29.2 Å². The molecule has 0 saturated carbocycles. The van der Waals surface area contributed by atoms with Crippen LogP contribution in [0.4, 0.5) is 5.82 Å². The SMILES string of the molecule is CC(C)c1cc(N2CCN(Cc3ccc4c(c3)COCO4)C(CC(=O)NCc3ccc4c(c3)OCO4)C2)nc(-n2ccnc2)n1. The molecule has 1 N–H and O–H groups in total. The summed E-state index contributed by atoms with van der Waals surface area (Å²) in [6.45, 7) is 8.60. The van der Waals surface area contributed by atoms with Crippen LogP contribution in [0.1, 0.15) is 48.6 Å². The van der Waals surface area contributed by atoms with E-state index < -0.39 is 0 Å². The lowest BCUT2D eigenvalue weighted by molar-refractivity contribution is -0.122. The summed E-state index contributed by atoms with van der Waals surface area (Å²) in [5.41, 5.74) is 4.13. The Balaban J connectivity index is 1.10. The molecule has 0 spiro atoms. The van der Waals surface area contributed by atoms with Crippen LogP contribution in [0.25, 0.3) is 5.95 Å². The summed E-state index contributed by atoms with van der Waals surface area (Å²) in [7, 11) is 0.